The van der Waals surface area contributed by atoms with Crippen LogP contribution >= 0.6 is 0 Å². The van der Waals surface area contributed by atoms with Crippen molar-refractivity contribution in [1.82, 2.24) is 20.2 Å². The molecule has 3 N–H and O–H groups in total. The molecule has 210 valence electrons. The number of aromatic nitrogens is 2. The number of halogens is 3. The van der Waals surface area contributed by atoms with E-state index in [1.807, 2.05) is 4.90 Å². The molecule has 1 aliphatic carbocycles. The summed E-state index contributed by atoms with van der Waals surface area (Å²) < 4.78 is 45.0. The standard InChI is InChI=1S/C31H29F3N6O/c1-35-29-25(18-8-3-2-4-9-18)26(34)30(39-28(29)23-17-36-27-22(23)14-19(32)15-24(27)33)37-20-10-7-11-21(16-20)38-31(41)40-12-5-6-13-40/h2-4,8-9,14-15,17,20-21,36H,5-7,10-13,16H2,(H,37,39)(H,38,41)/t20-,21+/m0/s1. The number of likely N-dealkylation sites (tertiary alicyclic amines) is 1. The number of nitrogens with one attached hydrogen (secondary N) is 3. The number of hydrogen-bond acceptors (Lipinski definition) is 3. The van der Waals surface area contributed by atoms with Gasteiger partial charge in [-0.2, -0.15) is 0 Å². The number of pyridine rings is 1. The van der Waals surface area contributed by atoms with E-state index in [-0.39, 0.29) is 51.8 Å². The number of amides is 2. The number of anilines is 1. The minimum absolute atomic E-state index is 0.0472. The molecule has 2 aromatic carbocycles. The van der Waals surface area contributed by atoms with Crippen LogP contribution in [0.1, 0.15) is 38.5 Å². The smallest absolute Gasteiger partial charge is 0.317 e. The van der Waals surface area contributed by atoms with Crippen LogP contribution in [-0.2, 0) is 0 Å². The number of rotatable bonds is 5. The van der Waals surface area contributed by atoms with Crippen molar-refractivity contribution in [3.8, 4) is 22.4 Å². The average molecular weight is 559 g/mol. The third kappa shape index (κ3) is 5.20. The molecular weight excluding hydrogens is 529 g/mol. The summed E-state index contributed by atoms with van der Waals surface area (Å²) in [5.74, 6) is -2.27. The van der Waals surface area contributed by atoms with Crippen molar-refractivity contribution < 1.29 is 18.0 Å². The molecule has 1 saturated carbocycles. The Labute approximate surface area is 235 Å². The van der Waals surface area contributed by atoms with E-state index in [9.17, 15) is 13.6 Å². The summed E-state index contributed by atoms with van der Waals surface area (Å²) in [4.78, 5) is 25.5. The van der Waals surface area contributed by atoms with Gasteiger partial charge in [0.2, 0.25) is 5.69 Å². The normalized spacial score (nSPS) is 18.8. The third-order valence-corrected chi connectivity index (χ3v) is 7.98. The van der Waals surface area contributed by atoms with E-state index in [1.165, 1.54) is 12.3 Å². The third-order valence-electron chi connectivity index (χ3n) is 7.98. The monoisotopic (exact) mass is 558 g/mol. The largest absolute Gasteiger partial charge is 0.365 e. The van der Waals surface area contributed by atoms with Gasteiger partial charge in [0.15, 0.2) is 11.6 Å². The first-order chi connectivity index (χ1) is 19.9. The van der Waals surface area contributed by atoms with Crippen LogP contribution in [0.2, 0.25) is 0 Å². The Morgan fingerprint density at radius 3 is 2.56 bits per heavy atom. The molecule has 4 aromatic rings. The molecule has 0 bridgehead atoms. The lowest BCUT2D eigenvalue weighted by atomic mass is 9.91. The molecule has 7 nitrogen and oxygen atoms in total. The second-order valence-corrected chi connectivity index (χ2v) is 10.7. The van der Waals surface area contributed by atoms with Gasteiger partial charge >= 0.3 is 6.03 Å². The number of aromatic amines is 1. The Balaban J connectivity index is 1.39. The molecule has 2 amide bonds. The molecule has 0 spiro atoms. The number of H-pyrrole nitrogens is 1. The summed E-state index contributed by atoms with van der Waals surface area (Å²) in [7, 11) is 0. The lowest BCUT2D eigenvalue weighted by molar-refractivity contribution is 0.199. The molecule has 2 aromatic heterocycles. The van der Waals surface area contributed by atoms with Crippen molar-refractivity contribution in [1.29, 1.82) is 0 Å². The van der Waals surface area contributed by atoms with Gasteiger partial charge in [0.05, 0.1) is 17.8 Å². The van der Waals surface area contributed by atoms with Gasteiger partial charge in [-0.05, 0) is 50.2 Å². The van der Waals surface area contributed by atoms with Gasteiger partial charge in [0.25, 0.3) is 0 Å². The van der Waals surface area contributed by atoms with Gasteiger partial charge in [0.1, 0.15) is 11.6 Å². The number of nitrogens with zero attached hydrogens (tertiary/aromatic N) is 3. The fraction of sp³-hybridized carbons (Fsp3) is 0.323. The summed E-state index contributed by atoms with van der Waals surface area (Å²) in [6.07, 6.45) is 6.49. The van der Waals surface area contributed by atoms with Crippen LogP contribution in [0, 0.1) is 24.0 Å². The van der Waals surface area contributed by atoms with Crippen LogP contribution in [0.5, 0.6) is 0 Å². The molecule has 1 aliphatic heterocycles. The Morgan fingerprint density at radius 1 is 1.05 bits per heavy atom. The summed E-state index contributed by atoms with van der Waals surface area (Å²) >= 11 is 0. The summed E-state index contributed by atoms with van der Waals surface area (Å²) in [5.41, 5.74) is 0.985. The first kappa shape index (κ1) is 26.7. The van der Waals surface area contributed by atoms with Crippen LogP contribution in [0.25, 0.3) is 38.1 Å². The summed E-state index contributed by atoms with van der Waals surface area (Å²) in [5, 5.41) is 6.58. The van der Waals surface area contributed by atoms with Gasteiger partial charge in [-0.25, -0.2) is 27.8 Å². The van der Waals surface area contributed by atoms with E-state index >= 15 is 4.39 Å². The second kappa shape index (κ2) is 11.2. The van der Waals surface area contributed by atoms with Crippen molar-refractivity contribution in [2.75, 3.05) is 18.4 Å². The van der Waals surface area contributed by atoms with Crippen molar-refractivity contribution >= 4 is 28.4 Å². The average Bonchev–Trinajstić information content (AvgIpc) is 3.66. The highest BCUT2D eigenvalue weighted by molar-refractivity contribution is 6.01. The zero-order valence-corrected chi connectivity index (χ0v) is 22.3. The number of carbonyl (C=O) groups is 1. The number of hydrogen-bond donors (Lipinski definition) is 3. The van der Waals surface area contributed by atoms with Gasteiger partial charge in [-0.1, -0.05) is 30.3 Å². The van der Waals surface area contributed by atoms with Crippen LogP contribution < -0.4 is 10.6 Å². The summed E-state index contributed by atoms with van der Waals surface area (Å²) in [6, 6.07) is 10.4. The van der Waals surface area contributed by atoms with Gasteiger partial charge in [0, 0.05) is 53.9 Å². The molecule has 3 heterocycles. The second-order valence-electron chi connectivity index (χ2n) is 10.7. The SMILES string of the molecule is [C-]#[N+]c1c(-c2c[nH]c3c(F)cc(F)cc23)nc(N[C@H]2CCC[C@@H](NC(=O)N3CCCC3)C2)c(F)c1-c1ccccc1. The maximum Gasteiger partial charge on any atom is 0.317 e. The van der Waals surface area contributed by atoms with Crippen molar-refractivity contribution in [2.24, 2.45) is 0 Å². The Morgan fingerprint density at radius 2 is 1.80 bits per heavy atom. The van der Waals surface area contributed by atoms with E-state index in [1.54, 1.807) is 30.3 Å². The molecular formula is C31H29F3N6O. The molecule has 41 heavy (non-hydrogen) atoms. The minimum Gasteiger partial charge on any atom is -0.365 e. The molecule has 2 aliphatic rings. The first-order valence-electron chi connectivity index (χ1n) is 13.9. The number of carbonyl (C=O) groups excluding carboxylic acids is 1. The maximum atomic E-state index is 16.3. The lowest BCUT2D eigenvalue weighted by Crippen LogP contribution is -2.47. The minimum atomic E-state index is -0.774. The highest BCUT2D eigenvalue weighted by atomic mass is 19.1. The van der Waals surface area contributed by atoms with Crippen LogP contribution in [0.3, 0.4) is 0 Å². The van der Waals surface area contributed by atoms with Gasteiger partial charge in [-0.15, -0.1) is 0 Å². The maximum absolute atomic E-state index is 16.3. The number of urea groups is 1. The molecule has 0 unspecified atom stereocenters. The number of fused-ring (bicyclic) bond motifs is 1. The van der Waals surface area contributed by atoms with Crippen molar-refractivity contribution in [3.05, 3.63) is 77.5 Å². The zero-order valence-electron chi connectivity index (χ0n) is 22.3. The molecule has 2 fully saturated rings. The molecule has 10 heteroatoms. The van der Waals surface area contributed by atoms with E-state index in [0.717, 1.165) is 51.3 Å². The van der Waals surface area contributed by atoms with Gasteiger partial charge < -0.3 is 20.5 Å². The fourth-order valence-corrected chi connectivity index (χ4v) is 6.00. The van der Waals surface area contributed by atoms with E-state index in [2.05, 4.69) is 25.4 Å². The van der Waals surface area contributed by atoms with Crippen LogP contribution in [-0.4, -0.2) is 46.1 Å². The van der Waals surface area contributed by atoms with Crippen LogP contribution in [0.15, 0.2) is 48.7 Å². The lowest BCUT2D eigenvalue weighted by Gasteiger charge is -2.32. The first-order valence-corrected chi connectivity index (χ1v) is 13.9. The van der Waals surface area contributed by atoms with E-state index < -0.39 is 17.5 Å². The quantitative estimate of drug-likeness (QED) is 0.224. The number of benzene rings is 2. The van der Waals surface area contributed by atoms with Crippen LogP contribution in [0.4, 0.5) is 29.5 Å². The molecule has 0 radical (unpaired) electrons. The Kier molecular flexibility index (Phi) is 7.26. The predicted molar refractivity (Wildman–Crippen MR) is 152 cm³/mol. The van der Waals surface area contributed by atoms with E-state index in [0.29, 0.717) is 17.5 Å². The van der Waals surface area contributed by atoms with Crippen molar-refractivity contribution in [3.63, 3.8) is 0 Å². The fourth-order valence-electron chi connectivity index (χ4n) is 6.00. The molecule has 6 rings (SSSR count). The Hall–Kier alpha value is -4.52. The predicted octanol–water partition coefficient (Wildman–Crippen LogP) is 7.39. The summed E-state index contributed by atoms with van der Waals surface area (Å²) in [6.45, 7) is 9.47. The molecule has 2 atom stereocenters. The van der Waals surface area contributed by atoms with Gasteiger partial charge in [-0.3, -0.25) is 0 Å². The van der Waals surface area contributed by atoms with E-state index in [4.69, 9.17) is 6.57 Å². The zero-order chi connectivity index (χ0) is 28.5. The van der Waals surface area contributed by atoms with Crippen molar-refractivity contribution in [2.45, 2.75) is 50.6 Å². The molecule has 1 saturated heterocycles. The Bertz CT molecular complexity index is 1640. The topological polar surface area (TPSA) is 77.4 Å². The highest BCUT2D eigenvalue weighted by Crippen LogP contribution is 2.44. The highest BCUT2D eigenvalue weighted by Gasteiger charge is 2.29.